The van der Waals surface area contributed by atoms with Crippen LogP contribution in [0.5, 0.6) is 0 Å². The number of carbonyl (C=O) groups is 1. The predicted molar refractivity (Wildman–Crippen MR) is 66.9 cm³/mol. The molecular weight excluding hydrogens is 242 g/mol. The molecule has 0 spiro atoms. The summed E-state index contributed by atoms with van der Waals surface area (Å²) in [7, 11) is 0. The molecule has 0 aromatic carbocycles. The fraction of sp³-hybridized carbons (Fsp3) is 0.545. The smallest absolute Gasteiger partial charge is 0.233 e. The molecule has 1 aliphatic rings. The number of thiophene rings is 1. The molecule has 0 aliphatic carbocycles. The minimum absolute atomic E-state index is 0.136. The molecule has 1 saturated heterocycles. The van der Waals surface area contributed by atoms with Crippen molar-refractivity contribution in [3.63, 3.8) is 0 Å². The summed E-state index contributed by atoms with van der Waals surface area (Å²) in [5.74, 6) is 0.616. The zero-order valence-corrected chi connectivity index (χ0v) is 10.6. The summed E-state index contributed by atoms with van der Waals surface area (Å²) < 4.78 is 1.17. The molecule has 2 heterocycles. The molecular formula is C11H15NO2S2. The number of piperidine rings is 1. The molecule has 1 unspecified atom stereocenters. The summed E-state index contributed by atoms with van der Waals surface area (Å²) in [6.07, 6.45) is 1.41. The second kappa shape index (κ2) is 5.70. The number of thioether (sulfide) groups is 1. The van der Waals surface area contributed by atoms with Crippen LogP contribution < -0.4 is 0 Å². The minimum Gasteiger partial charge on any atom is -0.391 e. The van der Waals surface area contributed by atoms with Gasteiger partial charge in [-0.2, -0.15) is 0 Å². The second-order valence-electron chi connectivity index (χ2n) is 3.86. The molecule has 1 aromatic rings. The van der Waals surface area contributed by atoms with Gasteiger partial charge in [-0.05, 0) is 24.3 Å². The number of β-amino-alcohol motifs (C(OH)–C–C–N with tert-alkyl or cyclic N) is 1. The zero-order valence-electron chi connectivity index (χ0n) is 8.96. The fourth-order valence-electron chi connectivity index (χ4n) is 1.75. The lowest BCUT2D eigenvalue weighted by Crippen LogP contribution is -2.42. The fourth-order valence-corrected chi connectivity index (χ4v) is 3.44. The Morgan fingerprint density at radius 2 is 2.56 bits per heavy atom. The van der Waals surface area contributed by atoms with Crippen LogP contribution in [-0.4, -0.2) is 40.9 Å². The van der Waals surface area contributed by atoms with Crippen molar-refractivity contribution < 1.29 is 9.90 Å². The molecule has 88 valence electrons. The average Bonchev–Trinajstić information content (AvgIpc) is 2.78. The first kappa shape index (κ1) is 12.0. The number of nitrogens with zero attached hydrogens (tertiary/aromatic N) is 1. The maximum Gasteiger partial charge on any atom is 0.233 e. The van der Waals surface area contributed by atoms with Crippen molar-refractivity contribution in [1.82, 2.24) is 4.90 Å². The third-order valence-electron chi connectivity index (χ3n) is 2.58. The summed E-state index contributed by atoms with van der Waals surface area (Å²) in [5, 5.41) is 11.5. The summed E-state index contributed by atoms with van der Waals surface area (Å²) in [5.41, 5.74) is 0. The number of aliphatic hydroxyl groups excluding tert-OH is 1. The maximum atomic E-state index is 11.8. The van der Waals surface area contributed by atoms with Crippen LogP contribution in [0.2, 0.25) is 0 Å². The van der Waals surface area contributed by atoms with Crippen molar-refractivity contribution >= 4 is 29.0 Å². The Balaban J connectivity index is 1.79. The third kappa shape index (κ3) is 3.23. The lowest BCUT2D eigenvalue weighted by Gasteiger charge is -2.29. The van der Waals surface area contributed by atoms with E-state index < -0.39 is 0 Å². The molecule has 0 bridgehead atoms. The number of aliphatic hydroxyl groups is 1. The first-order valence-electron chi connectivity index (χ1n) is 5.38. The highest BCUT2D eigenvalue weighted by Crippen LogP contribution is 2.24. The Kier molecular flexibility index (Phi) is 4.26. The predicted octanol–water partition coefficient (Wildman–Crippen LogP) is 1.82. The van der Waals surface area contributed by atoms with E-state index >= 15 is 0 Å². The number of amides is 1. The number of likely N-dealkylation sites (tertiary alicyclic amines) is 1. The van der Waals surface area contributed by atoms with Crippen LogP contribution in [0.1, 0.15) is 12.8 Å². The van der Waals surface area contributed by atoms with E-state index in [0.717, 1.165) is 19.4 Å². The molecule has 1 amide bonds. The van der Waals surface area contributed by atoms with Crippen LogP contribution >= 0.6 is 23.1 Å². The third-order valence-corrected chi connectivity index (χ3v) is 4.70. The Morgan fingerprint density at radius 1 is 1.69 bits per heavy atom. The van der Waals surface area contributed by atoms with Crippen LogP contribution in [0, 0.1) is 0 Å². The zero-order chi connectivity index (χ0) is 11.4. The molecule has 3 nitrogen and oxygen atoms in total. The Hall–Kier alpha value is -0.520. The number of hydrogen-bond donors (Lipinski definition) is 1. The highest BCUT2D eigenvalue weighted by molar-refractivity contribution is 8.01. The van der Waals surface area contributed by atoms with Gasteiger partial charge in [0.2, 0.25) is 5.91 Å². The Bertz CT molecular complexity index is 340. The van der Waals surface area contributed by atoms with Gasteiger partial charge in [-0.15, -0.1) is 23.1 Å². The number of hydrogen-bond acceptors (Lipinski definition) is 4. The quantitative estimate of drug-likeness (QED) is 0.840. The van der Waals surface area contributed by atoms with Crippen molar-refractivity contribution in [2.24, 2.45) is 0 Å². The van der Waals surface area contributed by atoms with Crippen molar-refractivity contribution in [3.05, 3.63) is 17.5 Å². The van der Waals surface area contributed by atoms with Gasteiger partial charge in [0.1, 0.15) is 0 Å². The molecule has 2 rings (SSSR count). The van der Waals surface area contributed by atoms with E-state index in [4.69, 9.17) is 0 Å². The van der Waals surface area contributed by atoms with Gasteiger partial charge in [0.25, 0.3) is 0 Å². The molecule has 16 heavy (non-hydrogen) atoms. The minimum atomic E-state index is -0.329. The molecule has 1 aromatic heterocycles. The maximum absolute atomic E-state index is 11.8. The Morgan fingerprint density at radius 3 is 3.25 bits per heavy atom. The van der Waals surface area contributed by atoms with Crippen LogP contribution in [0.15, 0.2) is 21.7 Å². The Labute approximate surface area is 103 Å². The molecule has 0 saturated carbocycles. The lowest BCUT2D eigenvalue weighted by molar-refractivity contribution is -0.131. The monoisotopic (exact) mass is 257 g/mol. The SMILES string of the molecule is O=C(CSc1cccs1)N1CCCC(O)C1. The van der Waals surface area contributed by atoms with Crippen LogP contribution in [-0.2, 0) is 4.79 Å². The molecule has 1 aliphatic heterocycles. The summed E-state index contributed by atoms with van der Waals surface area (Å²) in [6, 6.07) is 4.01. The summed E-state index contributed by atoms with van der Waals surface area (Å²) >= 11 is 3.23. The molecule has 0 radical (unpaired) electrons. The molecule has 1 N–H and O–H groups in total. The molecule has 1 atom stereocenters. The van der Waals surface area contributed by atoms with Gasteiger partial charge in [-0.25, -0.2) is 0 Å². The first-order chi connectivity index (χ1) is 7.75. The van der Waals surface area contributed by atoms with E-state index in [1.807, 2.05) is 17.5 Å². The van der Waals surface area contributed by atoms with E-state index in [2.05, 4.69) is 0 Å². The van der Waals surface area contributed by atoms with Gasteiger partial charge in [0.15, 0.2) is 0 Å². The standard InChI is InChI=1S/C11H15NO2S2/c13-9-3-1-5-12(7-9)10(14)8-16-11-4-2-6-15-11/h2,4,6,9,13H,1,3,5,7-8H2. The van der Waals surface area contributed by atoms with Crippen LogP contribution in [0.4, 0.5) is 0 Å². The van der Waals surface area contributed by atoms with Crippen molar-refractivity contribution in [3.8, 4) is 0 Å². The van der Waals surface area contributed by atoms with Gasteiger partial charge in [-0.3, -0.25) is 4.79 Å². The van der Waals surface area contributed by atoms with Gasteiger partial charge in [0, 0.05) is 13.1 Å². The van der Waals surface area contributed by atoms with Crippen LogP contribution in [0.25, 0.3) is 0 Å². The second-order valence-corrected chi connectivity index (χ2v) is 6.08. The number of rotatable bonds is 3. The highest BCUT2D eigenvalue weighted by Gasteiger charge is 2.21. The van der Waals surface area contributed by atoms with Gasteiger partial charge < -0.3 is 10.0 Å². The van der Waals surface area contributed by atoms with E-state index in [9.17, 15) is 9.90 Å². The number of carbonyl (C=O) groups excluding carboxylic acids is 1. The normalized spacial score (nSPS) is 21.1. The summed E-state index contributed by atoms with van der Waals surface area (Å²) in [4.78, 5) is 13.6. The van der Waals surface area contributed by atoms with E-state index in [0.29, 0.717) is 12.3 Å². The molecule has 1 fully saturated rings. The van der Waals surface area contributed by atoms with Gasteiger partial charge in [-0.1, -0.05) is 6.07 Å². The molecule has 5 heteroatoms. The topological polar surface area (TPSA) is 40.5 Å². The average molecular weight is 257 g/mol. The first-order valence-corrected chi connectivity index (χ1v) is 7.24. The van der Waals surface area contributed by atoms with Crippen LogP contribution in [0.3, 0.4) is 0 Å². The summed E-state index contributed by atoms with van der Waals surface area (Å²) in [6.45, 7) is 1.30. The van der Waals surface area contributed by atoms with Crippen molar-refractivity contribution in [1.29, 1.82) is 0 Å². The van der Waals surface area contributed by atoms with E-state index in [1.165, 1.54) is 4.21 Å². The van der Waals surface area contributed by atoms with E-state index in [1.54, 1.807) is 28.0 Å². The van der Waals surface area contributed by atoms with Crippen molar-refractivity contribution in [2.45, 2.75) is 23.2 Å². The van der Waals surface area contributed by atoms with Gasteiger partial charge in [0.05, 0.1) is 16.1 Å². The van der Waals surface area contributed by atoms with E-state index in [-0.39, 0.29) is 12.0 Å². The lowest BCUT2D eigenvalue weighted by atomic mass is 10.1. The highest BCUT2D eigenvalue weighted by atomic mass is 32.2. The van der Waals surface area contributed by atoms with Gasteiger partial charge >= 0.3 is 0 Å². The largest absolute Gasteiger partial charge is 0.391 e. The van der Waals surface area contributed by atoms with Crippen molar-refractivity contribution in [2.75, 3.05) is 18.8 Å².